The van der Waals surface area contributed by atoms with Gasteiger partial charge in [-0.05, 0) is 47.8 Å². The van der Waals surface area contributed by atoms with Gasteiger partial charge in [-0.15, -0.1) is 0 Å². The Morgan fingerprint density at radius 2 is 2.22 bits per heavy atom. The molecule has 1 aliphatic heterocycles. The van der Waals surface area contributed by atoms with Crippen molar-refractivity contribution in [2.75, 3.05) is 16.8 Å². The van der Waals surface area contributed by atoms with E-state index in [0.717, 1.165) is 28.0 Å². The molecule has 1 aromatic rings. The molecule has 1 fully saturated rings. The average Bonchev–Trinajstić information content (AvgIpc) is 3.13. The van der Waals surface area contributed by atoms with E-state index in [1.807, 2.05) is 12.1 Å². The molecule has 3 rings (SSSR count). The molecule has 1 aromatic carbocycles. The lowest BCUT2D eigenvalue weighted by Crippen LogP contribution is -2.25. The minimum absolute atomic E-state index is 0.122. The van der Waals surface area contributed by atoms with E-state index in [1.54, 1.807) is 0 Å². The van der Waals surface area contributed by atoms with E-state index in [1.165, 1.54) is 12.8 Å². The Morgan fingerprint density at radius 3 is 2.83 bits per heavy atom. The van der Waals surface area contributed by atoms with Gasteiger partial charge in [0.15, 0.2) is 0 Å². The van der Waals surface area contributed by atoms with Crippen LogP contribution in [0.4, 0.5) is 11.4 Å². The number of benzene rings is 1. The zero-order valence-electron chi connectivity index (χ0n) is 10.2. The lowest BCUT2D eigenvalue weighted by Gasteiger charge is -2.25. The van der Waals surface area contributed by atoms with Gasteiger partial charge in [-0.25, -0.2) is 0 Å². The van der Waals surface area contributed by atoms with Crippen LogP contribution in [-0.4, -0.2) is 18.5 Å². The largest absolute Gasteiger partial charge is 0.368 e. The average molecular weight is 310 g/mol. The fourth-order valence-corrected chi connectivity index (χ4v) is 3.11. The maximum absolute atomic E-state index is 11.6. The first-order chi connectivity index (χ1) is 8.61. The fraction of sp³-hybridized carbons (Fsp3) is 0.462. The summed E-state index contributed by atoms with van der Waals surface area (Å²) >= 11 is 3.60. The van der Waals surface area contributed by atoms with Gasteiger partial charge in [0.1, 0.15) is 6.04 Å². The lowest BCUT2D eigenvalue weighted by atomic mass is 10.1. The van der Waals surface area contributed by atoms with E-state index in [-0.39, 0.29) is 5.91 Å². The molecular formula is C13H16BrN3O. The van der Waals surface area contributed by atoms with Crippen molar-refractivity contribution in [2.24, 2.45) is 5.73 Å². The highest BCUT2D eigenvalue weighted by Crippen LogP contribution is 2.41. The summed E-state index contributed by atoms with van der Waals surface area (Å²) < 4.78 is 1.02. The van der Waals surface area contributed by atoms with Gasteiger partial charge in [0, 0.05) is 28.3 Å². The second-order valence-electron chi connectivity index (χ2n) is 4.87. The Labute approximate surface area is 115 Å². The molecule has 1 amide bonds. The van der Waals surface area contributed by atoms with Crippen LogP contribution in [0.5, 0.6) is 0 Å². The van der Waals surface area contributed by atoms with Crippen molar-refractivity contribution < 1.29 is 4.79 Å². The van der Waals surface area contributed by atoms with E-state index in [0.29, 0.717) is 6.04 Å². The third kappa shape index (κ3) is 1.82. The summed E-state index contributed by atoms with van der Waals surface area (Å²) in [6.45, 7) is 3.13. The number of nitrogens with zero attached hydrogens (tertiary/aromatic N) is 1. The first-order valence-electron chi connectivity index (χ1n) is 6.28. The van der Waals surface area contributed by atoms with Gasteiger partial charge >= 0.3 is 0 Å². The van der Waals surface area contributed by atoms with Crippen molar-refractivity contribution >= 4 is 33.2 Å². The SMILES string of the molecule is CCN(c1cc2c(cc1Br)C(N)C(=O)N2)C1CC1. The van der Waals surface area contributed by atoms with Gasteiger partial charge in [0.25, 0.3) is 0 Å². The van der Waals surface area contributed by atoms with Crippen LogP contribution in [-0.2, 0) is 4.79 Å². The van der Waals surface area contributed by atoms with Crippen molar-refractivity contribution in [3.8, 4) is 0 Å². The summed E-state index contributed by atoms with van der Waals surface area (Å²) in [5, 5.41) is 2.84. The van der Waals surface area contributed by atoms with Gasteiger partial charge in [0.2, 0.25) is 5.91 Å². The normalized spacial score (nSPS) is 21.7. The molecule has 3 N–H and O–H groups in total. The first kappa shape index (κ1) is 12.0. The smallest absolute Gasteiger partial charge is 0.245 e. The van der Waals surface area contributed by atoms with Crippen molar-refractivity contribution in [3.63, 3.8) is 0 Å². The first-order valence-corrected chi connectivity index (χ1v) is 7.07. The summed E-state index contributed by atoms with van der Waals surface area (Å²) in [4.78, 5) is 13.9. The number of carbonyl (C=O) groups is 1. The van der Waals surface area contributed by atoms with E-state index in [4.69, 9.17) is 5.73 Å². The molecule has 0 bridgehead atoms. The summed E-state index contributed by atoms with van der Waals surface area (Å²) in [6.07, 6.45) is 2.51. The minimum atomic E-state index is -0.540. The third-order valence-electron chi connectivity index (χ3n) is 3.63. The predicted octanol–water partition coefficient (Wildman–Crippen LogP) is 2.39. The topological polar surface area (TPSA) is 58.4 Å². The molecule has 1 aliphatic carbocycles. The van der Waals surface area contributed by atoms with Crippen molar-refractivity contribution in [3.05, 3.63) is 22.2 Å². The van der Waals surface area contributed by atoms with Crippen molar-refractivity contribution in [2.45, 2.75) is 31.8 Å². The van der Waals surface area contributed by atoms with Crippen LogP contribution in [0.1, 0.15) is 31.4 Å². The van der Waals surface area contributed by atoms with Crippen molar-refractivity contribution in [1.82, 2.24) is 0 Å². The molecule has 0 aromatic heterocycles. The molecule has 0 saturated heterocycles. The van der Waals surface area contributed by atoms with E-state index >= 15 is 0 Å². The van der Waals surface area contributed by atoms with Crippen LogP contribution in [0.2, 0.25) is 0 Å². The molecule has 1 unspecified atom stereocenters. The maximum Gasteiger partial charge on any atom is 0.245 e. The van der Waals surface area contributed by atoms with Gasteiger partial charge in [-0.2, -0.15) is 0 Å². The number of halogens is 1. The Morgan fingerprint density at radius 1 is 1.50 bits per heavy atom. The minimum Gasteiger partial charge on any atom is -0.368 e. The fourth-order valence-electron chi connectivity index (χ4n) is 2.53. The van der Waals surface area contributed by atoms with E-state index in [9.17, 15) is 4.79 Å². The standard InChI is InChI=1S/C13H16BrN3O/c1-2-17(7-3-4-7)11-6-10-8(5-9(11)14)12(15)13(18)16-10/h5-7,12H,2-4,15H2,1H3,(H,16,18). The second kappa shape index (κ2) is 4.24. The Kier molecular flexibility index (Phi) is 2.83. The third-order valence-corrected chi connectivity index (χ3v) is 4.27. The number of anilines is 2. The number of hydrogen-bond donors (Lipinski definition) is 2. The summed E-state index contributed by atoms with van der Waals surface area (Å²) in [6, 6.07) is 4.11. The van der Waals surface area contributed by atoms with Crippen molar-refractivity contribution in [1.29, 1.82) is 0 Å². The molecule has 1 saturated carbocycles. The lowest BCUT2D eigenvalue weighted by molar-refractivity contribution is -0.116. The van der Waals surface area contributed by atoms with Crippen LogP contribution in [0.15, 0.2) is 16.6 Å². The number of rotatable bonds is 3. The summed E-state index contributed by atoms with van der Waals surface area (Å²) in [7, 11) is 0. The van der Waals surface area contributed by atoms with Gasteiger partial charge in [-0.3, -0.25) is 4.79 Å². The molecule has 18 heavy (non-hydrogen) atoms. The van der Waals surface area contributed by atoms with Gasteiger partial charge in [-0.1, -0.05) is 0 Å². The van der Waals surface area contributed by atoms with E-state index < -0.39 is 6.04 Å². The van der Waals surface area contributed by atoms with Gasteiger partial charge < -0.3 is 16.0 Å². The molecule has 1 atom stereocenters. The molecule has 4 nitrogen and oxygen atoms in total. The van der Waals surface area contributed by atoms with Crippen LogP contribution in [0.25, 0.3) is 0 Å². The quantitative estimate of drug-likeness (QED) is 0.901. The number of nitrogens with one attached hydrogen (secondary N) is 1. The number of carbonyl (C=O) groups excluding carboxylic acids is 1. The molecule has 2 aliphatic rings. The van der Waals surface area contributed by atoms with Crippen LogP contribution in [0.3, 0.4) is 0 Å². The van der Waals surface area contributed by atoms with Gasteiger partial charge in [0.05, 0.1) is 5.69 Å². The zero-order chi connectivity index (χ0) is 12.9. The Balaban J connectivity index is 2.02. The summed E-state index contributed by atoms with van der Waals surface area (Å²) in [5.74, 6) is -0.122. The van der Waals surface area contributed by atoms with E-state index in [2.05, 4.69) is 33.1 Å². The Hall–Kier alpha value is -1.07. The predicted molar refractivity (Wildman–Crippen MR) is 75.7 cm³/mol. The molecule has 96 valence electrons. The number of hydrogen-bond acceptors (Lipinski definition) is 3. The molecular weight excluding hydrogens is 294 g/mol. The summed E-state index contributed by atoms with van der Waals surface area (Å²) in [5.41, 5.74) is 8.72. The molecule has 1 heterocycles. The monoisotopic (exact) mass is 309 g/mol. The Bertz CT molecular complexity index is 513. The molecule has 0 radical (unpaired) electrons. The van der Waals surface area contributed by atoms with Crippen LogP contribution in [0, 0.1) is 0 Å². The number of nitrogens with two attached hydrogens (primary N) is 1. The van der Waals surface area contributed by atoms with Crippen LogP contribution < -0.4 is 16.0 Å². The molecule has 5 heteroatoms. The second-order valence-corrected chi connectivity index (χ2v) is 5.73. The zero-order valence-corrected chi connectivity index (χ0v) is 11.8. The number of amides is 1. The highest BCUT2D eigenvalue weighted by Gasteiger charge is 2.32. The molecule has 0 spiro atoms. The highest BCUT2D eigenvalue weighted by molar-refractivity contribution is 9.10. The maximum atomic E-state index is 11.6. The number of fused-ring (bicyclic) bond motifs is 1. The highest BCUT2D eigenvalue weighted by atomic mass is 79.9. The van der Waals surface area contributed by atoms with Crippen LogP contribution >= 0.6 is 15.9 Å².